The highest BCUT2D eigenvalue weighted by atomic mass is 32.1. The highest BCUT2D eigenvalue weighted by Crippen LogP contribution is 2.24. The second-order valence-corrected chi connectivity index (χ2v) is 6.55. The molecule has 0 saturated heterocycles. The summed E-state index contributed by atoms with van der Waals surface area (Å²) in [6, 6.07) is 5.12. The molecule has 1 nitrogen and oxygen atoms in total. The van der Waals surface area contributed by atoms with Crippen LogP contribution < -0.4 is 5.32 Å². The highest BCUT2D eigenvalue weighted by molar-refractivity contribution is 7.11. The lowest BCUT2D eigenvalue weighted by Gasteiger charge is -2.16. The quantitative estimate of drug-likeness (QED) is 0.822. The van der Waals surface area contributed by atoms with Crippen molar-refractivity contribution in [3.63, 3.8) is 0 Å². The Kier molecular flexibility index (Phi) is 4.42. The van der Waals surface area contributed by atoms with Gasteiger partial charge in [0.2, 0.25) is 0 Å². The van der Waals surface area contributed by atoms with Crippen LogP contribution in [0.4, 0.5) is 0 Å². The average Bonchev–Trinajstić information content (AvgIpc) is 2.87. The molecule has 2 heteroatoms. The fourth-order valence-electron chi connectivity index (χ4n) is 2.55. The fraction of sp³-hybridized carbons (Fsp3) is 0.714. The van der Waals surface area contributed by atoms with Crippen LogP contribution in [0, 0.1) is 12.8 Å². The molecule has 0 aromatic carbocycles. The Bertz CT molecular complexity index is 312. The van der Waals surface area contributed by atoms with Crippen molar-refractivity contribution in [2.24, 2.45) is 5.92 Å². The van der Waals surface area contributed by atoms with Crippen LogP contribution in [0.1, 0.15) is 42.4 Å². The van der Waals surface area contributed by atoms with Gasteiger partial charge in [0.25, 0.3) is 0 Å². The molecule has 90 valence electrons. The normalized spacial score (nSPS) is 19.1. The van der Waals surface area contributed by atoms with Crippen LogP contribution in [-0.4, -0.2) is 12.6 Å². The number of nitrogens with one attached hydrogen (secondary N) is 1. The third-order valence-electron chi connectivity index (χ3n) is 3.53. The lowest BCUT2D eigenvalue weighted by molar-refractivity contribution is 0.445. The highest BCUT2D eigenvalue weighted by Gasteiger charge is 2.15. The summed E-state index contributed by atoms with van der Waals surface area (Å²) in [5.74, 6) is 0.951. The van der Waals surface area contributed by atoms with E-state index in [0.29, 0.717) is 6.04 Å². The molecule has 1 aliphatic carbocycles. The molecule has 1 aromatic heterocycles. The number of hydrogen-bond donors (Lipinski definition) is 1. The Morgan fingerprint density at radius 1 is 1.38 bits per heavy atom. The van der Waals surface area contributed by atoms with Gasteiger partial charge in [-0.3, -0.25) is 0 Å². The van der Waals surface area contributed by atoms with Gasteiger partial charge in [0.05, 0.1) is 0 Å². The molecule has 1 aromatic rings. The third kappa shape index (κ3) is 3.60. The van der Waals surface area contributed by atoms with Crippen LogP contribution in [0.3, 0.4) is 0 Å². The van der Waals surface area contributed by atoms with Gasteiger partial charge in [0, 0.05) is 15.8 Å². The summed E-state index contributed by atoms with van der Waals surface area (Å²) in [5, 5.41) is 3.69. The van der Waals surface area contributed by atoms with Crippen molar-refractivity contribution in [1.82, 2.24) is 5.32 Å². The van der Waals surface area contributed by atoms with Crippen molar-refractivity contribution in [2.75, 3.05) is 6.54 Å². The third-order valence-corrected chi connectivity index (χ3v) is 4.56. The Hall–Kier alpha value is -0.340. The molecule has 1 fully saturated rings. The van der Waals surface area contributed by atoms with Crippen LogP contribution in [0.15, 0.2) is 12.1 Å². The zero-order valence-corrected chi connectivity index (χ0v) is 11.3. The smallest absolute Gasteiger partial charge is 0.00871 e. The van der Waals surface area contributed by atoms with E-state index in [1.165, 1.54) is 48.4 Å². The first-order valence-electron chi connectivity index (χ1n) is 6.53. The number of hydrogen-bond acceptors (Lipinski definition) is 2. The van der Waals surface area contributed by atoms with E-state index < -0.39 is 0 Å². The fourth-order valence-corrected chi connectivity index (χ4v) is 3.57. The van der Waals surface area contributed by atoms with E-state index in [1.54, 1.807) is 0 Å². The van der Waals surface area contributed by atoms with Crippen LogP contribution in [0.25, 0.3) is 0 Å². The van der Waals surface area contributed by atoms with E-state index in [2.05, 4.69) is 31.3 Å². The average molecular weight is 237 g/mol. The van der Waals surface area contributed by atoms with Gasteiger partial charge >= 0.3 is 0 Å². The van der Waals surface area contributed by atoms with Crippen molar-refractivity contribution < 1.29 is 0 Å². The first kappa shape index (κ1) is 12.1. The second kappa shape index (κ2) is 5.83. The molecule has 1 aliphatic rings. The van der Waals surface area contributed by atoms with Gasteiger partial charge in [0.15, 0.2) is 0 Å². The Morgan fingerprint density at radius 2 is 2.12 bits per heavy atom. The first-order chi connectivity index (χ1) is 7.74. The van der Waals surface area contributed by atoms with Crippen molar-refractivity contribution in [1.29, 1.82) is 0 Å². The van der Waals surface area contributed by atoms with Gasteiger partial charge in [-0.15, -0.1) is 11.3 Å². The molecule has 0 bridgehead atoms. The minimum absolute atomic E-state index is 0.624. The minimum atomic E-state index is 0.624. The Labute approximate surface area is 103 Å². The standard InChI is InChI=1S/C14H23NS/c1-11(9-14-8-7-12(2)16-14)15-10-13-5-3-4-6-13/h7-8,11,13,15H,3-6,9-10H2,1-2H3. The number of rotatable bonds is 5. The molecular formula is C14H23NS. The molecule has 1 unspecified atom stereocenters. The van der Waals surface area contributed by atoms with Crippen LogP contribution in [0.2, 0.25) is 0 Å². The van der Waals surface area contributed by atoms with Gasteiger partial charge in [-0.2, -0.15) is 0 Å². The van der Waals surface area contributed by atoms with E-state index in [1.807, 2.05) is 11.3 Å². The van der Waals surface area contributed by atoms with Crippen molar-refractivity contribution in [3.05, 3.63) is 21.9 Å². The molecule has 0 aliphatic heterocycles. The Balaban J connectivity index is 1.69. The van der Waals surface area contributed by atoms with E-state index in [0.717, 1.165) is 5.92 Å². The summed E-state index contributed by atoms with van der Waals surface area (Å²) in [7, 11) is 0. The molecule has 16 heavy (non-hydrogen) atoms. The van der Waals surface area contributed by atoms with E-state index in [4.69, 9.17) is 0 Å². The number of thiophene rings is 1. The van der Waals surface area contributed by atoms with Gasteiger partial charge < -0.3 is 5.32 Å². The lowest BCUT2D eigenvalue weighted by atomic mass is 10.1. The van der Waals surface area contributed by atoms with Gasteiger partial charge in [0.1, 0.15) is 0 Å². The van der Waals surface area contributed by atoms with Gasteiger partial charge in [-0.25, -0.2) is 0 Å². The van der Waals surface area contributed by atoms with Crippen molar-refractivity contribution in [2.45, 2.75) is 52.0 Å². The summed E-state index contributed by atoms with van der Waals surface area (Å²) in [4.78, 5) is 2.95. The van der Waals surface area contributed by atoms with Crippen molar-refractivity contribution >= 4 is 11.3 Å². The zero-order chi connectivity index (χ0) is 11.4. The van der Waals surface area contributed by atoms with E-state index in [-0.39, 0.29) is 0 Å². The minimum Gasteiger partial charge on any atom is -0.314 e. The molecule has 2 rings (SSSR count). The summed E-state index contributed by atoms with van der Waals surface area (Å²) in [6.45, 7) is 5.72. The summed E-state index contributed by atoms with van der Waals surface area (Å²) in [5.41, 5.74) is 0. The molecule has 1 saturated carbocycles. The monoisotopic (exact) mass is 237 g/mol. The molecule has 0 radical (unpaired) electrons. The predicted molar refractivity (Wildman–Crippen MR) is 72.2 cm³/mol. The van der Waals surface area contributed by atoms with Gasteiger partial charge in [-0.05, 0) is 57.7 Å². The van der Waals surface area contributed by atoms with E-state index in [9.17, 15) is 0 Å². The molecule has 1 heterocycles. The maximum absolute atomic E-state index is 3.69. The first-order valence-corrected chi connectivity index (χ1v) is 7.34. The molecule has 1 atom stereocenters. The molecular weight excluding hydrogens is 214 g/mol. The van der Waals surface area contributed by atoms with Crippen LogP contribution >= 0.6 is 11.3 Å². The summed E-state index contributed by atoms with van der Waals surface area (Å²) >= 11 is 1.93. The predicted octanol–water partition coefficient (Wildman–Crippen LogP) is 3.77. The maximum Gasteiger partial charge on any atom is 0.00871 e. The SMILES string of the molecule is Cc1ccc(CC(C)NCC2CCCC2)s1. The topological polar surface area (TPSA) is 12.0 Å². The second-order valence-electron chi connectivity index (χ2n) is 5.18. The molecule has 1 N–H and O–H groups in total. The summed E-state index contributed by atoms with van der Waals surface area (Å²) < 4.78 is 0. The number of aryl methyl sites for hydroxylation is 1. The zero-order valence-electron chi connectivity index (χ0n) is 10.5. The van der Waals surface area contributed by atoms with Crippen LogP contribution in [-0.2, 0) is 6.42 Å². The van der Waals surface area contributed by atoms with Gasteiger partial charge in [-0.1, -0.05) is 12.8 Å². The summed E-state index contributed by atoms with van der Waals surface area (Å²) in [6.07, 6.45) is 6.97. The van der Waals surface area contributed by atoms with Crippen LogP contribution in [0.5, 0.6) is 0 Å². The lowest BCUT2D eigenvalue weighted by Crippen LogP contribution is -2.31. The largest absolute Gasteiger partial charge is 0.314 e. The molecule has 0 amide bonds. The Morgan fingerprint density at radius 3 is 2.75 bits per heavy atom. The van der Waals surface area contributed by atoms with Crippen molar-refractivity contribution in [3.8, 4) is 0 Å². The van der Waals surface area contributed by atoms with E-state index >= 15 is 0 Å². The molecule has 0 spiro atoms. The maximum atomic E-state index is 3.69.